The molecule has 0 saturated heterocycles. The van der Waals surface area contributed by atoms with Gasteiger partial charge in [-0.3, -0.25) is 47.8 Å². The van der Waals surface area contributed by atoms with Crippen LogP contribution in [0.5, 0.6) is 11.5 Å². The van der Waals surface area contributed by atoms with E-state index in [9.17, 15) is 19.2 Å². The Morgan fingerprint density at radius 1 is 0.619 bits per heavy atom. The molecule has 0 spiro atoms. The molecule has 2 aromatic carbocycles. The van der Waals surface area contributed by atoms with E-state index in [0.29, 0.717) is 131 Å². The lowest BCUT2D eigenvalue weighted by molar-refractivity contribution is -0.122. The summed E-state index contributed by atoms with van der Waals surface area (Å²) in [5.41, 5.74) is 9.12. The number of aromatic nitrogens is 9. The highest BCUT2D eigenvalue weighted by molar-refractivity contribution is 6.06. The van der Waals surface area contributed by atoms with Gasteiger partial charge in [0.15, 0.2) is 5.78 Å². The summed E-state index contributed by atoms with van der Waals surface area (Å²) >= 11 is 0. The number of imidazole rings is 2. The van der Waals surface area contributed by atoms with Crippen molar-refractivity contribution in [3.63, 3.8) is 0 Å². The summed E-state index contributed by atoms with van der Waals surface area (Å²) in [4.78, 5) is 74.3. The zero-order valence-corrected chi connectivity index (χ0v) is 48.4. The van der Waals surface area contributed by atoms with Crippen LogP contribution in [0.4, 0.5) is 0 Å². The molecule has 1 N–H and O–H groups in total. The van der Waals surface area contributed by atoms with Crippen molar-refractivity contribution in [1.29, 1.82) is 0 Å². The average molecular weight is 1150 g/mol. The molecule has 0 aliphatic heterocycles. The topological polar surface area (TPSA) is 246 Å². The van der Waals surface area contributed by atoms with Gasteiger partial charge in [0.05, 0.1) is 153 Å². The number of fused-ring (bicyclic) bond motifs is 6. The molecule has 22 nitrogen and oxygen atoms in total. The van der Waals surface area contributed by atoms with E-state index in [1.807, 2.05) is 102 Å². The van der Waals surface area contributed by atoms with Gasteiger partial charge in [-0.25, -0.2) is 9.59 Å². The average Bonchev–Trinajstić information content (AvgIpc) is 1.94. The van der Waals surface area contributed by atoms with E-state index in [1.54, 1.807) is 54.4 Å². The van der Waals surface area contributed by atoms with Gasteiger partial charge in [-0.05, 0) is 102 Å². The number of pyridine rings is 4. The first kappa shape index (κ1) is 58.4. The van der Waals surface area contributed by atoms with E-state index in [4.69, 9.17) is 47.3 Å². The van der Waals surface area contributed by atoms with Crippen LogP contribution in [0.3, 0.4) is 0 Å². The Hall–Kier alpha value is -8.83. The molecule has 2 atom stereocenters. The number of Topliss-reactive ketones (excluding diaryl/α,β-unsaturated/α-hetero) is 1. The van der Waals surface area contributed by atoms with Gasteiger partial charge >= 0.3 is 11.4 Å². The maximum Gasteiger partial charge on any atom is 0.330 e. The molecular formula is C62H68N10O12. The maximum absolute atomic E-state index is 14.4. The van der Waals surface area contributed by atoms with Crippen LogP contribution in [0.2, 0.25) is 0 Å². The van der Waals surface area contributed by atoms with Crippen molar-refractivity contribution in [2.24, 2.45) is 0 Å². The third-order valence-electron chi connectivity index (χ3n) is 15.0. The van der Waals surface area contributed by atoms with Gasteiger partial charge in [-0.15, -0.1) is 0 Å². The van der Waals surface area contributed by atoms with Gasteiger partial charge < -0.3 is 42.7 Å². The smallest absolute Gasteiger partial charge is 0.330 e. The lowest BCUT2D eigenvalue weighted by Crippen LogP contribution is -2.35. The third kappa shape index (κ3) is 12.0. The molecule has 1 amide bonds. The molecule has 8 aromatic heterocycles. The Bertz CT molecular complexity index is 3800. The van der Waals surface area contributed by atoms with Crippen LogP contribution >= 0.6 is 0 Å². The highest BCUT2D eigenvalue weighted by Gasteiger charge is 2.28. The summed E-state index contributed by atoms with van der Waals surface area (Å²) in [5, 5.41) is 8.36. The molecule has 10 aromatic rings. The SMILES string of the molecule is COc1cc2c(cc1-c1c(C)coc1C)ncc1c2n([C@H](C)c2ccccn2)c(=O)n1CC(=O)NCCOCCOCCOCCOCCCC(=O)Cn1c(=O)n([C@H](C)c2ccccn2)c2c3cc(OC)c(-c4c(C)noc4C)cc3ncc21. The number of methoxy groups -OCH3 is 2. The molecule has 0 bridgehead atoms. The molecule has 22 heteroatoms. The minimum atomic E-state index is -0.479. The minimum absolute atomic E-state index is 0.124. The van der Waals surface area contributed by atoms with Crippen molar-refractivity contribution < 1.29 is 47.0 Å². The van der Waals surface area contributed by atoms with E-state index in [-0.39, 0.29) is 55.7 Å². The highest BCUT2D eigenvalue weighted by atomic mass is 16.6. The zero-order chi connectivity index (χ0) is 59.0. The molecule has 0 aliphatic carbocycles. The predicted octanol–water partition coefficient (Wildman–Crippen LogP) is 8.42. The summed E-state index contributed by atoms with van der Waals surface area (Å²) in [7, 11) is 3.19. The van der Waals surface area contributed by atoms with Crippen LogP contribution in [-0.4, -0.2) is 129 Å². The molecule has 0 unspecified atom stereocenters. The van der Waals surface area contributed by atoms with E-state index >= 15 is 0 Å². The largest absolute Gasteiger partial charge is 0.496 e. The van der Waals surface area contributed by atoms with Crippen LogP contribution in [0.15, 0.2) is 110 Å². The van der Waals surface area contributed by atoms with E-state index in [2.05, 4.69) is 20.4 Å². The number of furan rings is 1. The van der Waals surface area contributed by atoms with Crippen molar-refractivity contribution in [2.75, 3.05) is 73.6 Å². The second-order valence-corrected chi connectivity index (χ2v) is 20.5. The van der Waals surface area contributed by atoms with Gasteiger partial charge in [-0.1, -0.05) is 17.3 Å². The summed E-state index contributed by atoms with van der Waals surface area (Å²) in [5.74, 6) is 2.05. The van der Waals surface area contributed by atoms with Crippen LogP contribution in [0.1, 0.15) is 72.9 Å². The first-order valence-electron chi connectivity index (χ1n) is 27.9. The number of carbonyl (C=O) groups excluding carboxylic acids is 2. The molecular weight excluding hydrogens is 1080 g/mol. The molecule has 438 valence electrons. The summed E-state index contributed by atoms with van der Waals surface area (Å²) in [6, 6.07) is 17.8. The molecule has 0 fully saturated rings. The maximum atomic E-state index is 14.4. The second-order valence-electron chi connectivity index (χ2n) is 20.5. The Balaban J connectivity index is 0.652. The fourth-order valence-electron chi connectivity index (χ4n) is 10.9. The molecule has 84 heavy (non-hydrogen) atoms. The fourth-order valence-corrected chi connectivity index (χ4v) is 10.9. The summed E-state index contributed by atoms with van der Waals surface area (Å²) in [6.45, 7) is 13.8. The number of aryl methyl sites for hydroxylation is 4. The number of ketones is 1. The first-order chi connectivity index (χ1) is 40.8. The first-order valence-corrected chi connectivity index (χ1v) is 27.9. The number of benzene rings is 2. The molecule has 8 heterocycles. The van der Waals surface area contributed by atoms with Crippen molar-refractivity contribution >= 4 is 55.6 Å². The monoisotopic (exact) mass is 1140 g/mol. The highest BCUT2D eigenvalue weighted by Crippen LogP contribution is 2.42. The number of amides is 1. The summed E-state index contributed by atoms with van der Waals surface area (Å²) < 4.78 is 52.0. The van der Waals surface area contributed by atoms with Crippen molar-refractivity contribution in [3.05, 3.63) is 147 Å². The third-order valence-corrected chi connectivity index (χ3v) is 15.0. The summed E-state index contributed by atoms with van der Waals surface area (Å²) in [6.07, 6.45) is 9.02. The number of rotatable bonds is 28. The zero-order valence-electron chi connectivity index (χ0n) is 48.4. The van der Waals surface area contributed by atoms with Gasteiger partial charge in [-0.2, -0.15) is 0 Å². The van der Waals surface area contributed by atoms with Gasteiger partial charge in [0.25, 0.3) is 0 Å². The molecule has 0 radical (unpaired) electrons. The number of nitrogens with one attached hydrogen (secondary N) is 1. The van der Waals surface area contributed by atoms with Crippen LogP contribution in [0.25, 0.3) is 66.1 Å². The normalized spacial score (nSPS) is 12.5. The van der Waals surface area contributed by atoms with E-state index in [0.717, 1.165) is 33.6 Å². The molecule has 0 aliphatic rings. The standard InChI is InChI=1S/C62H68N10O12/c1-37-36-83-41(5)57(37)46-28-50-44(30-54(46)77-7)60-53(33-67-50)70(62(76)72(60)40(4)49-16-10-12-18-64-49)35-56(74)65-19-21-80-23-25-82-27-26-81-24-22-79-20-13-14-43(73)34-69-52-32-66-51-29-47(58-38(2)68-84-42(58)6)55(78-8)31-45(51)59(52)71(61(69)75)39(3)48-15-9-11-17-63-48/h9-12,15-18,28-33,36,39-40H,13-14,19-27,34-35H2,1-8H3,(H,65,74)/t39-,40-/m1/s1. The molecule has 10 rings (SSSR count). The number of carbonyl (C=O) groups is 2. The Kier molecular flexibility index (Phi) is 18.2. The fraction of sp³-hybridized carbons (Fsp3) is 0.371. The van der Waals surface area contributed by atoms with Crippen molar-refractivity contribution in [3.8, 4) is 33.8 Å². The van der Waals surface area contributed by atoms with E-state index in [1.165, 1.54) is 9.13 Å². The van der Waals surface area contributed by atoms with Gasteiger partial charge in [0, 0.05) is 59.4 Å². The van der Waals surface area contributed by atoms with Gasteiger partial charge in [0.1, 0.15) is 29.6 Å². The number of hydrogen-bond acceptors (Lipinski definition) is 17. The predicted molar refractivity (Wildman–Crippen MR) is 315 cm³/mol. The number of nitrogens with zero attached hydrogens (tertiary/aromatic N) is 9. The quantitative estimate of drug-likeness (QED) is 0.0452. The van der Waals surface area contributed by atoms with E-state index < -0.39 is 12.1 Å². The van der Waals surface area contributed by atoms with Crippen LogP contribution < -0.4 is 26.2 Å². The van der Waals surface area contributed by atoms with Crippen molar-refractivity contribution in [2.45, 2.75) is 79.6 Å². The van der Waals surface area contributed by atoms with Crippen LogP contribution in [0, 0.1) is 27.7 Å². The van der Waals surface area contributed by atoms with Gasteiger partial charge in [0.2, 0.25) is 5.91 Å². The Morgan fingerprint density at radius 3 is 1.61 bits per heavy atom. The number of ether oxygens (including phenoxy) is 6. The lowest BCUT2D eigenvalue weighted by Gasteiger charge is -2.15. The minimum Gasteiger partial charge on any atom is -0.496 e. The Morgan fingerprint density at radius 2 is 1.13 bits per heavy atom. The number of hydrogen-bond donors (Lipinski definition) is 1. The second kappa shape index (κ2) is 26.2. The van der Waals surface area contributed by atoms with Crippen molar-refractivity contribution in [1.82, 2.24) is 48.7 Å². The Labute approximate surface area is 483 Å². The van der Waals surface area contributed by atoms with Crippen LogP contribution in [-0.2, 0) is 41.6 Å². The lowest BCUT2D eigenvalue weighted by atomic mass is 9.99. The molecule has 0 saturated carbocycles.